The number of hydrogen-bond acceptors (Lipinski definition) is 2. The van der Waals surface area contributed by atoms with Crippen LogP contribution in [-0.2, 0) is 0 Å². The maximum atomic E-state index is 5.47. The molecule has 0 heterocycles. The van der Waals surface area contributed by atoms with E-state index in [4.69, 9.17) is 5.73 Å². The minimum absolute atomic E-state index is 0.280. The fraction of sp³-hybridized carbons (Fsp3) is 1.00. The first kappa shape index (κ1) is 17.9. The summed E-state index contributed by atoms with van der Waals surface area (Å²) in [6, 6.07) is 0. The largest absolute Gasteiger partial charge is 0.330 e. The van der Waals surface area contributed by atoms with Crippen molar-refractivity contribution in [3.8, 4) is 0 Å². The van der Waals surface area contributed by atoms with Crippen LogP contribution in [0.5, 0.6) is 0 Å². The fourth-order valence-corrected chi connectivity index (χ4v) is 1.94. The van der Waals surface area contributed by atoms with Crippen LogP contribution in [0.4, 0.5) is 0 Å². The van der Waals surface area contributed by atoms with E-state index in [1.807, 2.05) is 0 Å². The van der Waals surface area contributed by atoms with Crippen LogP contribution in [0.3, 0.4) is 0 Å². The molecule has 0 radical (unpaired) electrons. The summed E-state index contributed by atoms with van der Waals surface area (Å²) < 4.78 is 0. The highest BCUT2D eigenvalue weighted by Crippen LogP contribution is 2.15. The first-order valence-electron chi connectivity index (χ1n) is 7.96. The zero-order valence-corrected chi connectivity index (χ0v) is 13.2. The van der Waals surface area contributed by atoms with E-state index < -0.39 is 0 Å². The SMILES string of the molecule is CC(C)C(C)(C)NCCCCCCCCCCN. The van der Waals surface area contributed by atoms with Gasteiger partial charge in [-0.3, -0.25) is 0 Å². The summed E-state index contributed by atoms with van der Waals surface area (Å²) in [5.41, 5.74) is 5.75. The Morgan fingerprint density at radius 3 is 1.72 bits per heavy atom. The van der Waals surface area contributed by atoms with Crippen LogP contribution >= 0.6 is 0 Å². The van der Waals surface area contributed by atoms with Gasteiger partial charge in [0, 0.05) is 5.54 Å². The molecule has 0 aliphatic heterocycles. The number of rotatable bonds is 12. The van der Waals surface area contributed by atoms with Gasteiger partial charge in [0.15, 0.2) is 0 Å². The van der Waals surface area contributed by atoms with Gasteiger partial charge in [-0.15, -0.1) is 0 Å². The Bertz CT molecular complexity index is 176. The van der Waals surface area contributed by atoms with Crippen LogP contribution < -0.4 is 11.1 Å². The zero-order valence-electron chi connectivity index (χ0n) is 13.2. The van der Waals surface area contributed by atoms with E-state index in [-0.39, 0.29) is 5.54 Å². The predicted octanol–water partition coefficient (Wildman–Crippen LogP) is 4.09. The van der Waals surface area contributed by atoms with Crippen LogP contribution in [0.15, 0.2) is 0 Å². The third-order valence-corrected chi connectivity index (χ3v) is 4.15. The maximum absolute atomic E-state index is 5.47. The number of unbranched alkanes of at least 4 members (excludes halogenated alkanes) is 7. The van der Waals surface area contributed by atoms with Crippen molar-refractivity contribution in [1.82, 2.24) is 5.32 Å². The second-order valence-corrected chi connectivity index (χ2v) is 6.42. The minimum atomic E-state index is 0.280. The molecule has 2 heteroatoms. The molecular formula is C16H36N2. The van der Waals surface area contributed by atoms with E-state index in [0.717, 1.165) is 6.54 Å². The second kappa shape index (κ2) is 10.8. The molecule has 3 N–H and O–H groups in total. The van der Waals surface area contributed by atoms with Crippen molar-refractivity contribution < 1.29 is 0 Å². The van der Waals surface area contributed by atoms with E-state index in [9.17, 15) is 0 Å². The molecule has 0 saturated carbocycles. The summed E-state index contributed by atoms with van der Waals surface area (Å²) in [6.07, 6.45) is 10.8. The Balaban J connectivity index is 3.21. The summed E-state index contributed by atoms with van der Waals surface area (Å²) >= 11 is 0. The Morgan fingerprint density at radius 2 is 1.28 bits per heavy atom. The lowest BCUT2D eigenvalue weighted by Gasteiger charge is -2.30. The third kappa shape index (κ3) is 9.90. The lowest BCUT2D eigenvalue weighted by Crippen LogP contribution is -2.44. The van der Waals surface area contributed by atoms with E-state index in [0.29, 0.717) is 5.92 Å². The second-order valence-electron chi connectivity index (χ2n) is 6.42. The molecule has 0 aromatic carbocycles. The van der Waals surface area contributed by atoms with Crippen molar-refractivity contribution in [2.24, 2.45) is 11.7 Å². The Labute approximate surface area is 115 Å². The van der Waals surface area contributed by atoms with Crippen LogP contribution in [0.2, 0.25) is 0 Å². The highest BCUT2D eigenvalue weighted by atomic mass is 15.0. The summed E-state index contributed by atoms with van der Waals surface area (Å²) in [7, 11) is 0. The first-order valence-corrected chi connectivity index (χ1v) is 7.96. The molecule has 0 aliphatic rings. The van der Waals surface area contributed by atoms with Crippen molar-refractivity contribution in [3.63, 3.8) is 0 Å². The highest BCUT2D eigenvalue weighted by molar-refractivity contribution is 4.80. The van der Waals surface area contributed by atoms with Crippen molar-refractivity contribution in [2.75, 3.05) is 13.1 Å². The smallest absolute Gasteiger partial charge is 0.0148 e. The fourth-order valence-electron chi connectivity index (χ4n) is 1.94. The molecule has 0 amide bonds. The molecule has 0 unspecified atom stereocenters. The monoisotopic (exact) mass is 256 g/mol. The molecule has 18 heavy (non-hydrogen) atoms. The topological polar surface area (TPSA) is 38.0 Å². The van der Waals surface area contributed by atoms with Gasteiger partial charge in [-0.25, -0.2) is 0 Å². The van der Waals surface area contributed by atoms with E-state index in [1.54, 1.807) is 0 Å². The lowest BCUT2D eigenvalue weighted by molar-refractivity contribution is 0.286. The van der Waals surface area contributed by atoms with Gasteiger partial charge < -0.3 is 11.1 Å². The molecule has 0 aliphatic carbocycles. The van der Waals surface area contributed by atoms with Crippen LogP contribution in [-0.4, -0.2) is 18.6 Å². The van der Waals surface area contributed by atoms with Crippen LogP contribution in [0.25, 0.3) is 0 Å². The third-order valence-electron chi connectivity index (χ3n) is 4.15. The molecular weight excluding hydrogens is 220 g/mol. The normalized spacial score (nSPS) is 12.3. The maximum Gasteiger partial charge on any atom is 0.0148 e. The zero-order chi connectivity index (χ0) is 13.9. The first-order chi connectivity index (χ1) is 8.50. The van der Waals surface area contributed by atoms with Crippen LogP contribution in [0, 0.1) is 5.92 Å². The van der Waals surface area contributed by atoms with Gasteiger partial charge in [-0.1, -0.05) is 52.4 Å². The van der Waals surface area contributed by atoms with E-state index >= 15 is 0 Å². The molecule has 0 bridgehead atoms. The predicted molar refractivity (Wildman–Crippen MR) is 82.9 cm³/mol. The van der Waals surface area contributed by atoms with E-state index in [2.05, 4.69) is 33.0 Å². The average Bonchev–Trinajstić information content (AvgIpc) is 2.31. The molecule has 2 nitrogen and oxygen atoms in total. The molecule has 0 saturated heterocycles. The quantitative estimate of drug-likeness (QED) is 0.516. The minimum Gasteiger partial charge on any atom is -0.330 e. The van der Waals surface area contributed by atoms with Gasteiger partial charge >= 0.3 is 0 Å². The molecule has 0 aromatic heterocycles. The number of hydrogen-bond donors (Lipinski definition) is 2. The van der Waals surface area contributed by atoms with Crippen molar-refractivity contribution in [2.45, 2.75) is 84.6 Å². The van der Waals surface area contributed by atoms with E-state index in [1.165, 1.54) is 57.9 Å². The summed E-state index contributed by atoms with van der Waals surface area (Å²) in [4.78, 5) is 0. The molecule has 0 spiro atoms. The van der Waals surface area contributed by atoms with Gasteiger partial charge in [0.05, 0.1) is 0 Å². The number of nitrogens with one attached hydrogen (secondary N) is 1. The highest BCUT2D eigenvalue weighted by Gasteiger charge is 2.20. The van der Waals surface area contributed by atoms with Gasteiger partial charge in [0.25, 0.3) is 0 Å². The van der Waals surface area contributed by atoms with Gasteiger partial charge in [-0.2, -0.15) is 0 Å². The summed E-state index contributed by atoms with van der Waals surface area (Å²) in [5.74, 6) is 0.694. The van der Waals surface area contributed by atoms with Gasteiger partial charge in [-0.05, 0) is 45.7 Å². The summed E-state index contributed by atoms with van der Waals surface area (Å²) in [5, 5.41) is 3.66. The van der Waals surface area contributed by atoms with Crippen molar-refractivity contribution >= 4 is 0 Å². The molecule has 0 rings (SSSR count). The molecule has 0 aromatic rings. The Hall–Kier alpha value is -0.0800. The van der Waals surface area contributed by atoms with Crippen molar-refractivity contribution in [1.29, 1.82) is 0 Å². The van der Waals surface area contributed by atoms with Gasteiger partial charge in [0.2, 0.25) is 0 Å². The standard InChI is InChI=1S/C16H36N2/c1-15(2)16(3,4)18-14-12-10-8-6-5-7-9-11-13-17/h15,18H,5-14,17H2,1-4H3. The van der Waals surface area contributed by atoms with Crippen LogP contribution in [0.1, 0.15) is 79.1 Å². The molecule has 0 atom stereocenters. The van der Waals surface area contributed by atoms with Crippen molar-refractivity contribution in [3.05, 3.63) is 0 Å². The van der Waals surface area contributed by atoms with Gasteiger partial charge in [0.1, 0.15) is 0 Å². The lowest BCUT2D eigenvalue weighted by atomic mass is 9.90. The summed E-state index contributed by atoms with van der Waals surface area (Å²) in [6.45, 7) is 11.2. The Kier molecular flexibility index (Phi) is 10.8. The molecule has 0 fully saturated rings. The number of nitrogens with two attached hydrogens (primary N) is 1. The Morgan fingerprint density at radius 1 is 0.833 bits per heavy atom. The molecule has 110 valence electrons. The average molecular weight is 256 g/mol.